The maximum Gasteiger partial charge on any atom is 0.138 e. The Hall–Kier alpha value is -1.85. The van der Waals surface area contributed by atoms with Crippen LogP contribution < -0.4 is 10.6 Å². The standard InChI is InChI=1S/C21H22BP/c22-23(18-12-6-2-7-13-18,19-14-8-3-9-15-19)21-16-20(21)17-10-4-1-5-11-17/h1-15,20-21H,16H2,22H3/t20-,21+/m0/s1. The summed E-state index contributed by atoms with van der Waals surface area (Å²) >= 11 is 0. The molecule has 0 amide bonds. The summed E-state index contributed by atoms with van der Waals surface area (Å²) in [4.78, 5) is 0. The highest BCUT2D eigenvalue weighted by Gasteiger charge is 2.54. The van der Waals surface area contributed by atoms with E-state index in [9.17, 15) is 0 Å². The zero-order valence-corrected chi connectivity index (χ0v) is 13.4. The molecular formula is C21H22BP. The minimum absolute atomic E-state index is 0.207. The van der Waals surface area contributed by atoms with Crippen LogP contribution in [0, 0.1) is 0 Å². The van der Waals surface area contributed by atoms with Gasteiger partial charge in [-0.1, -0.05) is 73.9 Å². The predicted octanol–water partition coefficient (Wildman–Crippen LogP) is 3.49. The van der Waals surface area contributed by atoms with Crippen LogP contribution in [0.4, 0.5) is 0 Å². The zero-order valence-electron chi connectivity index (χ0n) is 12.5. The molecule has 0 aliphatic heterocycles. The van der Waals surface area contributed by atoms with Gasteiger partial charge in [0.05, 0.1) is 10.6 Å². The quantitative estimate of drug-likeness (QED) is 0.510. The molecule has 0 spiro atoms. The van der Waals surface area contributed by atoms with Crippen LogP contribution in [0.5, 0.6) is 0 Å². The number of rotatable bonds is 4. The fourth-order valence-electron chi connectivity index (χ4n) is 3.23. The van der Waals surface area contributed by atoms with E-state index in [-0.39, 0.29) is 7.57 Å². The van der Waals surface area contributed by atoms with Gasteiger partial charge >= 0.3 is 0 Å². The van der Waals surface area contributed by atoms with Crippen molar-refractivity contribution >= 4 is 25.3 Å². The molecule has 0 radical (unpaired) electrons. The molecule has 3 aromatic rings. The summed E-state index contributed by atoms with van der Waals surface area (Å²) in [5.74, 6) is 0.780. The van der Waals surface area contributed by atoms with Crippen molar-refractivity contribution in [2.75, 3.05) is 0 Å². The van der Waals surface area contributed by atoms with Crippen LogP contribution in [-0.2, 0) is 0 Å². The minimum Gasteiger partial charge on any atom is -0.0892 e. The van der Waals surface area contributed by atoms with Crippen LogP contribution in [0.2, 0.25) is 0 Å². The van der Waals surface area contributed by atoms with Gasteiger partial charge in [0.15, 0.2) is 0 Å². The van der Waals surface area contributed by atoms with Gasteiger partial charge < -0.3 is 0 Å². The third kappa shape index (κ3) is 2.64. The van der Waals surface area contributed by atoms with Gasteiger partial charge in [0, 0.05) is 11.6 Å². The van der Waals surface area contributed by atoms with E-state index in [1.54, 1.807) is 16.2 Å². The molecule has 2 atom stereocenters. The van der Waals surface area contributed by atoms with Gasteiger partial charge in [-0.3, -0.25) is 0 Å². The first-order valence-corrected chi connectivity index (χ1v) is 9.29. The second-order valence-corrected chi connectivity index (χ2v) is 8.30. The summed E-state index contributed by atoms with van der Waals surface area (Å²) < 4.78 is 0. The molecule has 0 N–H and O–H groups in total. The van der Waals surface area contributed by atoms with Crippen molar-refractivity contribution in [3.63, 3.8) is 0 Å². The molecule has 0 unspecified atom stereocenters. The van der Waals surface area contributed by atoms with E-state index in [0.29, 0.717) is 0 Å². The Morgan fingerprint density at radius 1 is 0.652 bits per heavy atom. The fraction of sp³-hybridized carbons (Fsp3) is 0.143. The maximum absolute atomic E-state index is 2.40. The van der Waals surface area contributed by atoms with Crippen LogP contribution in [-0.4, -0.2) is 13.2 Å². The number of benzene rings is 3. The highest BCUT2D eigenvalue weighted by atomic mass is 31.2. The summed E-state index contributed by atoms with van der Waals surface area (Å²) in [7, 11) is -0.899. The Balaban J connectivity index is 1.76. The van der Waals surface area contributed by atoms with E-state index in [0.717, 1.165) is 11.6 Å². The van der Waals surface area contributed by atoms with Crippen LogP contribution >= 0.6 is 7.14 Å². The molecule has 0 aromatic heterocycles. The molecule has 4 rings (SSSR count). The zero-order chi connectivity index (χ0) is 15.7. The highest BCUT2D eigenvalue weighted by molar-refractivity contribution is 8.09. The molecule has 3 aromatic carbocycles. The molecule has 1 saturated carbocycles. The summed E-state index contributed by atoms with van der Waals surface area (Å²) in [6.45, 7) is 0. The Labute approximate surface area is 140 Å². The largest absolute Gasteiger partial charge is 0.138 e. The first kappa shape index (κ1) is 14.7. The molecule has 1 aliphatic carbocycles. The van der Waals surface area contributed by atoms with E-state index in [2.05, 4.69) is 91.0 Å². The third-order valence-corrected chi connectivity index (χ3v) is 7.33. The van der Waals surface area contributed by atoms with Crippen molar-refractivity contribution in [3.8, 4) is 0 Å². The fourth-order valence-corrected chi connectivity index (χ4v) is 6.26. The topological polar surface area (TPSA) is 0 Å². The molecular weight excluding hydrogens is 294 g/mol. The van der Waals surface area contributed by atoms with Crippen LogP contribution in [0.1, 0.15) is 17.9 Å². The van der Waals surface area contributed by atoms with Crippen molar-refractivity contribution in [3.05, 3.63) is 96.6 Å². The SMILES string of the molecule is [BH3-][P+](c1ccccc1)(c1ccccc1)[C@@H]1C[C@H]1c1ccccc1. The van der Waals surface area contributed by atoms with Gasteiger partial charge in [-0.25, -0.2) is 0 Å². The van der Waals surface area contributed by atoms with E-state index >= 15 is 0 Å². The third-order valence-electron chi connectivity index (χ3n) is 4.38. The summed E-state index contributed by atoms with van der Waals surface area (Å²) in [6, 6.07) is 34.0. The van der Waals surface area contributed by atoms with E-state index < -0.39 is 7.14 Å². The highest BCUT2D eigenvalue weighted by Crippen LogP contribution is 2.70. The lowest BCUT2D eigenvalue weighted by molar-refractivity contribution is 1.13. The Bertz CT molecular complexity index is 731. The molecule has 0 nitrogen and oxygen atoms in total. The van der Waals surface area contributed by atoms with Gasteiger partial charge in [-0.15, -0.1) is 0 Å². The maximum atomic E-state index is 2.40. The molecule has 0 heterocycles. The van der Waals surface area contributed by atoms with Gasteiger partial charge in [-0.05, 0) is 36.2 Å². The van der Waals surface area contributed by atoms with Crippen LogP contribution in [0.3, 0.4) is 0 Å². The molecule has 114 valence electrons. The summed E-state index contributed by atoms with van der Waals surface area (Å²) in [6.07, 6.45) is 1.38. The van der Waals surface area contributed by atoms with Gasteiger partial charge in [0.2, 0.25) is 0 Å². The smallest absolute Gasteiger partial charge is 0.0892 e. The van der Waals surface area contributed by atoms with Crippen molar-refractivity contribution in [1.29, 1.82) is 0 Å². The molecule has 23 heavy (non-hydrogen) atoms. The van der Waals surface area contributed by atoms with E-state index in [1.165, 1.54) is 6.42 Å². The Kier molecular flexibility index (Phi) is 3.83. The monoisotopic (exact) mass is 316 g/mol. The first-order valence-electron chi connectivity index (χ1n) is 7.88. The van der Waals surface area contributed by atoms with E-state index in [1.807, 2.05) is 0 Å². The summed E-state index contributed by atoms with van der Waals surface area (Å²) in [5.41, 5.74) is 2.43. The average molecular weight is 316 g/mol. The van der Waals surface area contributed by atoms with Crippen molar-refractivity contribution < 1.29 is 0 Å². The summed E-state index contributed by atoms with van der Waals surface area (Å²) in [5, 5.41) is 3.30. The van der Waals surface area contributed by atoms with Gasteiger partial charge in [-0.2, -0.15) is 0 Å². The molecule has 1 aliphatic rings. The molecule has 0 bridgehead atoms. The normalized spacial score (nSPS) is 20.2. The lowest BCUT2D eigenvalue weighted by atomic mass is 10.1. The molecule has 2 heteroatoms. The van der Waals surface area contributed by atoms with Crippen LogP contribution in [0.25, 0.3) is 0 Å². The van der Waals surface area contributed by atoms with Gasteiger partial charge in [0.25, 0.3) is 0 Å². The average Bonchev–Trinajstić information content (AvgIpc) is 3.45. The van der Waals surface area contributed by atoms with Gasteiger partial charge in [0.1, 0.15) is 7.57 Å². The molecule has 1 fully saturated rings. The molecule has 0 saturated heterocycles. The lowest BCUT2D eigenvalue weighted by Gasteiger charge is -2.31. The second-order valence-electron chi connectivity index (χ2n) is 5.86. The first-order chi connectivity index (χ1) is 11.3. The van der Waals surface area contributed by atoms with E-state index in [4.69, 9.17) is 0 Å². The van der Waals surface area contributed by atoms with Crippen molar-refractivity contribution in [2.45, 2.75) is 18.0 Å². The predicted molar refractivity (Wildman–Crippen MR) is 107 cm³/mol. The second kappa shape index (κ2) is 5.98. The van der Waals surface area contributed by atoms with Crippen molar-refractivity contribution in [1.82, 2.24) is 0 Å². The lowest BCUT2D eigenvalue weighted by Crippen LogP contribution is -2.26. The van der Waals surface area contributed by atoms with Crippen LogP contribution in [0.15, 0.2) is 91.0 Å². The number of hydrogen-bond acceptors (Lipinski definition) is 0. The van der Waals surface area contributed by atoms with Crippen molar-refractivity contribution in [2.24, 2.45) is 0 Å². The minimum atomic E-state index is -1.11. The number of hydrogen-bond donors (Lipinski definition) is 0. The Morgan fingerprint density at radius 2 is 1.09 bits per heavy atom. The Morgan fingerprint density at radius 3 is 1.57 bits per heavy atom.